The molecule has 114 valence electrons. The maximum Gasteiger partial charge on any atom is 0.258 e. The van der Waals surface area contributed by atoms with E-state index in [9.17, 15) is 4.79 Å². The number of ether oxygens (including phenoxy) is 2. The standard InChI is InChI=1S/C17H18N2O3/c1-11-4-2-5-13(18)16(11)17(20)19-12-6-7-14-15(10-12)22-9-3-8-21-14/h2,4-7,10H,3,8-9,18H2,1H3,(H,19,20). The SMILES string of the molecule is Cc1cccc(N)c1C(=O)Nc1ccc2c(c1)OCCCO2. The van der Waals surface area contributed by atoms with Gasteiger partial charge in [-0.05, 0) is 30.7 Å². The number of nitrogens with one attached hydrogen (secondary N) is 1. The van der Waals surface area contributed by atoms with Crippen LogP contribution in [-0.4, -0.2) is 19.1 Å². The number of carbonyl (C=O) groups is 1. The number of anilines is 2. The lowest BCUT2D eigenvalue weighted by atomic mass is 10.1. The number of amides is 1. The second-order valence-corrected chi connectivity index (χ2v) is 5.21. The van der Waals surface area contributed by atoms with Gasteiger partial charge in [-0.25, -0.2) is 0 Å². The molecule has 0 aromatic heterocycles. The highest BCUT2D eigenvalue weighted by molar-refractivity contribution is 6.08. The molecule has 3 rings (SSSR count). The molecule has 5 nitrogen and oxygen atoms in total. The summed E-state index contributed by atoms with van der Waals surface area (Å²) in [5.74, 6) is 1.11. The predicted molar refractivity (Wildman–Crippen MR) is 85.6 cm³/mol. The van der Waals surface area contributed by atoms with Crippen molar-refractivity contribution in [2.24, 2.45) is 0 Å². The minimum atomic E-state index is -0.231. The van der Waals surface area contributed by atoms with E-state index in [1.807, 2.05) is 19.1 Å². The maximum absolute atomic E-state index is 12.4. The van der Waals surface area contributed by atoms with Gasteiger partial charge in [-0.2, -0.15) is 0 Å². The minimum Gasteiger partial charge on any atom is -0.490 e. The van der Waals surface area contributed by atoms with Crippen LogP contribution >= 0.6 is 0 Å². The van der Waals surface area contributed by atoms with Gasteiger partial charge < -0.3 is 20.5 Å². The lowest BCUT2D eigenvalue weighted by Crippen LogP contribution is -2.15. The molecule has 1 amide bonds. The second kappa shape index (κ2) is 5.97. The van der Waals surface area contributed by atoms with E-state index in [0.717, 1.165) is 12.0 Å². The number of carbonyl (C=O) groups excluding carboxylic acids is 1. The molecule has 2 aromatic rings. The summed E-state index contributed by atoms with van der Waals surface area (Å²) in [6, 6.07) is 10.8. The number of hydrogen-bond acceptors (Lipinski definition) is 4. The average Bonchev–Trinajstić information content (AvgIpc) is 2.72. The van der Waals surface area contributed by atoms with Crippen molar-refractivity contribution in [3.63, 3.8) is 0 Å². The third kappa shape index (κ3) is 2.83. The first-order valence-electron chi connectivity index (χ1n) is 7.21. The number of benzene rings is 2. The van der Waals surface area contributed by atoms with Crippen LogP contribution in [0.15, 0.2) is 36.4 Å². The summed E-state index contributed by atoms with van der Waals surface area (Å²) >= 11 is 0. The molecule has 0 saturated carbocycles. The van der Waals surface area contributed by atoms with E-state index < -0.39 is 0 Å². The zero-order valence-corrected chi connectivity index (χ0v) is 12.4. The monoisotopic (exact) mass is 298 g/mol. The molecular weight excluding hydrogens is 280 g/mol. The molecule has 3 N–H and O–H groups in total. The summed E-state index contributed by atoms with van der Waals surface area (Å²) in [6.45, 7) is 3.10. The predicted octanol–water partition coefficient (Wildman–Crippen LogP) is 2.99. The van der Waals surface area contributed by atoms with Gasteiger partial charge in [0.15, 0.2) is 11.5 Å². The molecule has 0 unspecified atom stereocenters. The molecule has 0 fully saturated rings. The van der Waals surface area contributed by atoms with E-state index in [-0.39, 0.29) is 5.91 Å². The van der Waals surface area contributed by atoms with Crippen molar-refractivity contribution in [3.8, 4) is 11.5 Å². The first-order chi connectivity index (χ1) is 10.6. The third-order valence-electron chi connectivity index (χ3n) is 3.54. The van der Waals surface area contributed by atoms with Crippen LogP contribution in [0, 0.1) is 6.92 Å². The summed E-state index contributed by atoms with van der Waals surface area (Å²) in [5, 5.41) is 2.86. The Kier molecular flexibility index (Phi) is 3.87. The van der Waals surface area contributed by atoms with Crippen LogP contribution in [0.3, 0.4) is 0 Å². The lowest BCUT2D eigenvalue weighted by molar-refractivity contribution is 0.102. The van der Waals surface area contributed by atoms with Crippen molar-refractivity contribution in [3.05, 3.63) is 47.5 Å². The number of rotatable bonds is 2. The highest BCUT2D eigenvalue weighted by atomic mass is 16.5. The highest BCUT2D eigenvalue weighted by Crippen LogP contribution is 2.32. The Balaban J connectivity index is 1.84. The Labute approximate surface area is 129 Å². The molecule has 1 aliphatic rings. The van der Waals surface area contributed by atoms with Gasteiger partial charge in [-0.1, -0.05) is 12.1 Å². The number of fused-ring (bicyclic) bond motifs is 1. The van der Waals surface area contributed by atoms with Crippen molar-refractivity contribution >= 4 is 17.3 Å². The van der Waals surface area contributed by atoms with Crippen molar-refractivity contribution in [1.29, 1.82) is 0 Å². The number of nitrogen functional groups attached to an aromatic ring is 1. The van der Waals surface area contributed by atoms with E-state index in [4.69, 9.17) is 15.2 Å². The van der Waals surface area contributed by atoms with Crippen molar-refractivity contribution in [1.82, 2.24) is 0 Å². The van der Waals surface area contributed by atoms with Crippen molar-refractivity contribution in [2.75, 3.05) is 24.3 Å². The zero-order valence-electron chi connectivity index (χ0n) is 12.4. The molecule has 0 saturated heterocycles. The molecule has 5 heteroatoms. The maximum atomic E-state index is 12.4. The van der Waals surface area contributed by atoms with Gasteiger partial charge in [-0.15, -0.1) is 0 Å². The van der Waals surface area contributed by atoms with E-state index in [1.165, 1.54) is 0 Å². The molecule has 0 aliphatic carbocycles. The number of hydrogen-bond donors (Lipinski definition) is 2. The van der Waals surface area contributed by atoms with Crippen LogP contribution in [0.25, 0.3) is 0 Å². The van der Waals surface area contributed by atoms with E-state index >= 15 is 0 Å². The molecule has 2 aromatic carbocycles. The Morgan fingerprint density at radius 1 is 1.14 bits per heavy atom. The van der Waals surface area contributed by atoms with Crippen molar-refractivity contribution in [2.45, 2.75) is 13.3 Å². The topological polar surface area (TPSA) is 73.6 Å². The summed E-state index contributed by atoms with van der Waals surface area (Å²) in [4.78, 5) is 12.4. The zero-order chi connectivity index (χ0) is 15.5. The molecular formula is C17H18N2O3. The fourth-order valence-corrected chi connectivity index (χ4v) is 2.44. The first-order valence-corrected chi connectivity index (χ1v) is 7.21. The van der Waals surface area contributed by atoms with Gasteiger partial charge in [0.25, 0.3) is 5.91 Å². The summed E-state index contributed by atoms with van der Waals surface area (Å²) < 4.78 is 11.2. The van der Waals surface area contributed by atoms with Crippen molar-refractivity contribution < 1.29 is 14.3 Å². The molecule has 0 bridgehead atoms. The fraction of sp³-hybridized carbons (Fsp3) is 0.235. The van der Waals surface area contributed by atoms with E-state index in [2.05, 4.69) is 5.32 Å². The molecule has 0 atom stereocenters. The van der Waals surface area contributed by atoms with E-state index in [1.54, 1.807) is 24.3 Å². The van der Waals surface area contributed by atoms with Crippen LogP contribution in [0.1, 0.15) is 22.3 Å². The highest BCUT2D eigenvalue weighted by Gasteiger charge is 2.15. The summed E-state index contributed by atoms with van der Waals surface area (Å²) in [6.07, 6.45) is 0.843. The third-order valence-corrected chi connectivity index (χ3v) is 3.54. The van der Waals surface area contributed by atoms with Gasteiger partial charge in [-0.3, -0.25) is 4.79 Å². The second-order valence-electron chi connectivity index (χ2n) is 5.21. The van der Waals surface area contributed by atoms with Gasteiger partial charge in [0.05, 0.1) is 18.8 Å². The molecule has 22 heavy (non-hydrogen) atoms. The molecule has 0 spiro atoms. The smallest absolute Gasteiger partial charge is 0.258 e. The Hall–Kier alpha value is -2.69. The summed E-state index contributed by atoms with van der Waals surface area (Å²) in [7, 11) is 0. The van der Waals surface area contributed by atoms with Crippen LogP contribution < -0.4 is 20.5 Å². The average molecular weight is 298 g/mol. The fourth-order valence-electron chi connectivity index (χ4n) is 2.44. The van der Waals surface area contributed by atoms with Gasteiger partial charge in [0.2, 0.25) is 0 Å². The van der Waals surface area contributed by atoms with Crippen LogP contribution in [0.5, 0.6) is 11.5 Å². The minimum absolute atomic E-state index is 0.231. The lowest BCUT2D eigenvalue weighted by Gasteiger charge is -2.12. The van der Waals surface area contributed by atoms with E-state index in [0.29, 0.717) is 41.7 Å². The van der Waals surface area contributed by atoms with Gasteiger partial charge in [0, 0.05) is 23.9 Å². The van der Waals surface area contributed by atoms with Crippen LogP contribution in [0.2, 0.25) is 0 Å². The molecule has 1 heterocycles. The quantitative estimate of drug-likeness (QED) is 0.836. The normalized spacial score (nSPS) is 13.3. The molecule has 0 radical (unpaired) electrons. The van der Waals surface area contributed by atoms with Gasteiger partial charge >= 0.3 is 0 Å². The van der Waals surface area contributed by atoms with Gasteiger partial charge in [0.1, 0.15) is 0 Å². The van der Waals surface area contributed by atoms with Crippen LogP contribution in [-0.2, 0) is 0 Å². The Bertz CT molecular complexity index is 693. The van der Waals surface area contributed by atoms with Crippen LogP contribution in [0.4, 0.5) is 11.4 Å². The molecule has 1 aliphatic heterocycles. The number of nitrogens with two attached hydrogens (primary N) is 1. The Morgan fingerprint density at radius 2 is 1.91 bits per heavy atom. The summed E-state index contributed by atoms with van der Waals surface area (Å²) in [5.41, 5.74) is 8.35. The Morgan fingerprint density at radius 3 is 2.68 bits per heavy atom. The number of aryl methyl sites for hydroxylation is 1. The first kappa shape index (κ1) is 14.3. The largest absolute Gasteiger partial charge is 0.490 e.